The lowest BCUT2D eigenvalue weighted by Gasteiger charge is -2.16. The Bertz CT molecular complexity index is 266. The summed E-state index contributed by atoms with van der Waals surface area (Å²) in [5.41, 5.74) is -0.140. The molecule has 84 valence electrons. The zero-order chi connectivity index (χ0) is 11.1. The summed E-state index contributed by atoms with van der Waals surface area (Å²) >= 11 is 0. The van der Waals surface area contributed by atoms with Crippen molar-refractivity contribution in [2.45, 2.75) is 46.5 Å². The Hall–Kier alpha value is -0.590. The highest BCUT2D eigenvalue weighted by Crippen LogP contribution is 2.55. The average molecular weight is 206 g/mol. The van der Waals surface area contributed by atoms with E-state index in [1.807, 2.05) is 0 Å². The average Bonchev–Trinajstić information content (AvgIpc) is 2.73. The molecule has 0 saturated heterocycles. The fourth-order valence-corrected chi connectivity index (χ4v) is 2.93. The minimum atomic E-state index is -0.140. The van der Waals surface area contributed by atoms with Crippen molar-refractivity contribution in [3.05, 3.63) is 12.2 Å². The molecule has 0 spiro atoms. The fourth-order valence-electron chi connectivity index (χ4n) is 2.93. The summed E-state index contributed by atoms with van der Waals surface area (Å²) < 4.78 is 0. The summed E-state index contributed by atoms with van der Waals surface area (Å²) in [5.74, 6) is 2.31. The Morgan fingerprint density at radius 1 is 1.07 bits per heavy atom. The van der Waals surface area contributed by atoms with E-state index in [1.54, 1.807) is 0 Å². The second-order valence-electron chi connectivity index (χ2n) is 6.09. The highest BCUT2D eigenvalue weighted by molar-refractivity contribution is 5.88. The van der Waals surface area contributed by atoms with E-state index >= 15 is 0 Å². The van der Waals surface area contributed by atoms with E-state index in [4.69, 9.17) is 0 Å². The van der Waals surface area contributed by atoms with Crippen molar-refractivity contribution in [2.75, 3.05) is 0 Å². The standard InChI is InChI=1S/C14H22O/c1-14(2,3)13(15)12-10-8-6-4-5-7-9-11(10)12/h4-5,10-12H,6-9H2,1-3H3/b5-4+/t10-,11+,12?. The lowest BCUT2D eigenvalue weighted by Crippen LogP contribution is -2.23. The quantitative estimate of drug-likeness (QED) is 0.599. The van der Waals surface area contributed by atoms with Crippen LogP contribution in [0.25, 0.3) is 0 Å². The molecule has 1 unspecified atom stereocenters. The molecule has 0 N–H and O–H groups in total. The van der Waals surface area contributed by atoms with Gasteiger partial charge >= 0.3 is 0 Å². The molecule has 0 aromatic carbocycles. The minimum Gasteiger partial charge on any atom is -0.299 e. The predicted octanol–water partition coefficient (Wildman–Crippen LogP) is 3.59. The van der Waals surface area contributed by atoms with Crippen LogP contribution in [0.4, 0.5) is 0 Å². The Morgan fingerprint density at radius 3 is 1.93 bits per heavy atom. The van der Waals surface area contributed by atoms with Crippen molar-refractivity contribution < 1.29 is 4.79 Å². The van der Waals surface area contributed by atoms with Crippen molar-refractivity contribution in [3.8, 4) is 0 Å². The van der Waals surface area contributed by atoms with Crippen LogP contribution in [0.1, 0.15) is 46.5 Å². The molecule has 0 aromatic rings. The van der Waals surface area contributed by atoms with Crippen LogP contribution < -0.4 is 0 Å². The largest absolute Gasteiger partial charge is 0.299 e. The van der Waals surface area contributed by atoms with Gasteiger partial charge in [0.15, 0.2) is 0 Å². The Morgan fingerprint density at radius 2 is 1.53 bits per heavy atom. The molecule has 1 saturated carbocycles. The van der Waals surface area contributed by atoms with Crippen LogP contribution in [0.3, 0.4) is 0 Å². The van der Waals surface area contributed by atoms with Gasteiger partial charge in [-0.1, -0.05) is 32.9 Å². The van der Waals surface area contributed by atoms with Gasteiger partial charge in [0.05, 0.1) is 0 Å². The van der Waals surface area contributed by atoms with Gasteiger partial charge in [0, 0.05) is 11.3 Å². The molecule has 2 aliphatic carbocycles. The molecular weight excluding hydrogens is 184 g/mol. The molecule has 15 heavy (non-hydrogen) atoms. The molecule has 0 aromatic heterocycles. The summed E-state index contributed by atoms with van der Waals surface area (Å²) in [6.07, 6.45) is 9.38. The summed E-state index contributed by atoms with van der Waals surface area (Å²) in [4.78, 5) is 12.2. The third-order valence-electron chi connectivity index (χ3n) is 3.87. The Balaban J connectivity index is 2.01. The zero-order valence-electron chi connectivity index (χ0n) is 10.1. The van der Waals surface area contributed by atoms with Crippen LogP contribution in [-0.2, 0) is 4.79 Å². The number of allylic oxidation sites excluding steroid dienone is 2. The summed E-state index contributed by atoms with van der Waals surface area (Å²) in [5, 5.41) is 0. The molecule has 1 nitrogen and oxygen atoms in total. The first-order valence-electron chi connectivity index (χ1n) is 6.21. The second-order valence-corrected chi connectivity index (χ2v) is 6.09. The van der Waals surface area contributed by atoms with Gasteiger partial charge in [-0.05, 0) is 37.5 Å². The van der Waals surface area contributed by atoms with Crippen molar-refractivity contribution >= 4 is 5.78 Å². The number of Topliss-reactive ketones (excluding diaryl/α,β-unsaturated/α-hetero) is 1. The van der Waals surface area contributed by atoms with Gasteiger partial charge in [0.2, 0.25) is 0 Å². The van der Waals surface area contributed by atoms with E-state index in [1.165, 1.54) is 25.7 Å². The molecule has 2 aliphatic rings. The SMILES string of the molecule is CC(C)(C)C(=O)C1[C@H]2CC/C=C/CC[C@@H]12. The van der Waals surface area contributed by atoms with E-state index in [9.17, 15) is 4.79 Å². The van der Waals surface area contributed by atoms with Crippen molar-refractivity contribution in [1.29, 1.82) is 0 Å². The number of rotatable bonds is 1. The van der Waals surface area contributed by atoms with Crippen LogP contribution in [0.15, 0.2) is 12.2 Å². The van der Waals surface area contributed by atoms with Crippen molar-refractivity contribution in [2.24, 2.45) is 23.2 Å². The van der Waals surface area contributed by atoms with Gasteiger partial charge in [-0.2, -0.15) is 0 Å². The number of hydrogen-bond acceptors (Lipinski definition) is 1. The number of fused-ring (bicyclic) bond motifs is 1. The highest BCUT2D eigenvalue weighted by Gasteiger charge is 2.54. The van der Waals surface area contributed by atoms with Crippen LogP contribution >= 0.6 is 0 Å². The van der Waals surface area contributed by atoms with E-state index in [-0.39, 0.29) is 5.41 Å². The maximum absolute atomic E-state index is 12.2. The maximum Gasteiger partial charge on any atom is 0.141 e. The first kappa shape index (κ1) is 10.9. The molecule has 0 bridgehead atoms. The zero-order valence-corrected chi connectivity index (χ0v) is 10.1. The molecule has 1 heteroatoms. The van der Waals surface area contributed by atoms with Gasteiger partial charge in [0.25, 0.3) is 0 Å². The normalized spacial score (nSPS) is 37.4. The molecule has 0 amide bonds. The molecular formula is C14H22O. The Labute approximate surface area is 92.9 Å². The monoisotopic (exact) mass is 206 g/mol. The smallest absolute Gasteiger partial charge is 0.141 e. The van der Waals surface area contributed by atoms with Crippen LogP contribution in [0.2, 0.25) is 0 Å². The van der Waals surface area contributed by atoms with Crippen molar-refractivity contribution in [3.63, 3.8) is 0 Å². The number of hydrogen-bond donors (Lipinski definition) is 0. The van der Waals surface area contributed by atoms with Gasteiger partial charge in [-0.25, -0.2) is 0 Å². The molecule has 2 rings (SSSR count). The lowest BCUT2D eigenvalue weighted by atomic mass is 9.86. The third kappa shape index (κ3) is 2.16. The number of ketones is 1. The van der Waals surface area contributed by atoms with Gasteiger partial charge < -0.3 is 0 Å². The summed E-state index contributed by atoms with van der Waals surface area (Å²) in [6.45, 7) is 6.17. The molecule has 1 fully saturated rings. The van der Waals surface area contributed by atoms with E-state index < -0.39 is 0 Å². The van der Waals surface area contributed by atoms with Gasteiger partial charge in [0.1, 0.15) is 5.78 Å². The number of carbonyl (C=O) groups excluding carboxylic acids is 1. The van der Waals surface area contributed by atoms with Crippen LogP contribution in [0, 0.1) is 23.2 Å². The summed E-state index contributed by atoms with van der Waals surface area (Å²) in [7, 11) is 0. The van der Waals surface area contributed by atoms with Gasteiger partial charge in [-0.15, -0.1) is 0 Å². The van der Waals surface area contributed by atoms with Gasteiger partial charge in [-0.3, -0.25) is 4.79 Å². The Kier molecular flexibility index (Phi) is 2.74. The molecule has 3 atom stereocenters. The maximum atomic E-state index is 12.2. The number of carbonyl (C=O) groups is 1. The first-order chi connectivity index (χ1) is 7.02. The first-order valence-corrected chi connectivity index (χ1v) is 6.21. The highest BCUT2D eigenvalue weighted by atomic mass is 16.1. The van der Waals surface area contributed by atoms with Crippen LogP contribution in [-0.4, -0.2) is 5.78 Å². The molecule has 0 radical (unpaired) electrons. The van der Waals surface area contributed by atoms with E-state index in [2.05, 4.69) is 32.9 Å². The second kappa shape index (κ2) is 3.77. The van der Waals surface area contributed by atoms with E-state index in [0.29, 0.717) is 23.5 Å². The fraction of sp³-hybridized carbons (Fsp3) is 0.786. The minimum absolute atomic E-state index is 0.140. The topological polar surface area (TPSA) is 17.1 Å². The predicted molar refractivity (Wildman–Crippen MR) is 62.5 cm³/mol. The molecule has 0 aliphatic heterocycles. The molecule has 0 heterocycles. The van der Waals surface area contributed by atoms with Crippen LogP contribution in [0.5, 0.6) is 0 Å². The summed E-state index contributed by atoms with van der Waals surface area (Å²) in [6, 6.07) is 0. The van der Waals surface area contributed by atoms with E-state index in [0.717, 1.165) is 0 Å². The van der Waals surface area contributed by atoms with Crippen molar-refractivity contribution in [1.82, 2.24) is 0 Å². The third-order valence-corrected chi connectivity index (χ3v) is 3.87. The lowest BCUT2D eigenvalue weighted by molar-refractivity contribution is -0.128.